The molecule has 106 valence electrons. The van der Waals surface area contributed by atoms with E-state index in [1.54, 1.807) is 0 Å². The summed E-state index contributed by atoms with van der Waals surface area (Å²) in [6, 6.07) is 11.1. The topological polar surface area (TPSA) is 24.1 Å². The van der Waals surface area contributed by atoms with E-state index in [2.05, 4.69) is 47.9 Å². The van der Waals surface area contributed by atoms with E-state index >= 15 is 0 Å². The third-order valence-electron chi connectivity index (χ3n) is 3.87. The number of anilines is 1. The van der Waals surface area contributed by atoms with Crippen LogP contribution in [0, 0.1) is 0 Å². The zero-order chi connectivity index (χ0) is 13.8. The monoisotopic (exact) mass is 286 g/mol. The van der Waals surface area contributed by atoms with Crippen molar-refractivity contribution in [3.05, 3.63) is 51.2 Å². The summed E-state index contributed by atoms with van der Waals surface area (Å²) in [5.74, 6) is 0. The molecule has 1 aromatic heterocycles. The van der Waals surface area contributed by atoms with Crippen molar-refractivity contribution in [3.8, 4) is 0 Å². The highest BCUT2D eigenvalue weighted by Gasteiger charge is 2.11. The van der Waals surface area contributed by atoms with Crippen LogP contribution < -0.4 is 10.6 Å². The smallest absolute Gasteiger partial charge is 0.0375 e. The molecule has 0 aliphatic carbocycles. The lowest BCUT2D eigenvalue weighted by molar-refractivity contribution is 0.689. The van der Waals surface area contributed by atoms with Gasteiger partial charge in [-0.25, -0.2) is 0 Å². The van der Waals surface area contributed by atoms with Gasteiger partial charge in [-0.15, -0.1) is 11.3 Å². The van der Waals surface area contributed by atoms with E-state index < -0.39 is 0 Å². The Kier molecular flexibility index (Phi) is 4.38. The van der Waals surface area contributed by atoms with E-state index in [9.17, 15) is 0 Å². The summed E-state index contributed by atoms with van der Waals surface area (Å²) in [5.41, 5.74) is 4.29. The van der Waals surface area contributed by atoms with Gasteiger partial charge in [0.25, 0.3) is 0 Å². The van der Waals surface area contributed by atoms with Gasteiger partial charge in [0.15, 0.2) is 0 Å². The van der Waals surface area contributed by atoms with Crippen molar-refractivity contribution in [1.29, 1.82) is 0 Å². The van der Waals surface area contributed by atoms with Gasteiger partial charge in [0.05, 0.1) is 0 Å². The maximum Gasteiger partial charge on any atom is 0.0375 e. The fourth-order valence-electron chi connectivity index (χ4n) is 2.78. The van der Waals surface area contributed by atoms with Crippen LogP contribution >= 0.6 is 11.3 Å². The minimum Gasteiger partial charge on any atom is -0.385 e. The lowest BCUT2D eigenvalue weighted by Gasteiger charge is -2.21. The molecule has 2 aromatic rings. The van der Waals surface area contributed by atoms with E-state index in [0.29, 0.717) is 0 Å². The Morgan fingerprint density at radius 3 is 2.90 bits per heavy atom. The molecular weight excluding hydrogens is 264 g/mol. The number of fused-ring (bicyclic) bond motifs is 1. The molecule has 0 saturated carbocycles. The molecule has 2 nitrogen and oxygen atoms in total. The summed E-state index contributed by atoms with van der Waals surface area (Å²) in [4.78, 5) is 2.91. The number of aryl methyl sites for hydroxylation is 1. The van der Waals surface area contributed by atoms with E-state index in [4.69, 9.17) is 0 Å². The quantitative estimate of drug-likeness (QED) is 0.869. The molecule has 0 fully saturated rings. The van der Waals surface area contributed by atoms with Crippen LogP contribution in [-0.4, -0.2) is 6.54 Å². The second-order valence-corrected chi connectivity index (χ2v) is 6.55. The van der Waals surface area contributed by atoms with Gasteiger partial charge in [-0.3, -0.25) is 0 Å². The molecule has 0 spiro atoms. The molecule has 1 aliphatic heterocycles. The SMILES string of the molecule is CCc1ccc(CNCc2cccc3c2CCCN3)s1. The van der Waals surface area contributed by atoms with Gasteiger partial charge in [-0.1, -0.05) is 19.1 Å². The summed E-state index contributed by atoms with van der Waals surface area (Å²) >= 11 is 1.92. The summed E-state index contributed by atoms with van der Waals surface area (Å²) in [5, 5.41) is 7.08. The molecule has 0 saturated heterocycles. The van der Waals surface area contributed by atoms with Crippen LogP contribution in [0.25, 0.3) is 0 Å². The summed E-state index contributed by atoms with van der Waals surface area (Å²) in [7, 11) is 0. The first-order valence-electron chi connectivity index (χ1n) is 7.49. The molecule has 0 bridgehead atoms. The van der Waals surface area contributed by atoms with Crippen molar-refractivity contribution in [2.75, 3.05) is 11.9 Å². The predicted octanol–water partition coefficient (Wildman–Crippen LogP) is 3.96. The van der Waals surface area contributed by atoms with Crippen LogP contribution in [0.2, 0.25) is 0 Å². The van der Waals surface area contributed by atoms with Gasteiger partial charge in [-0.05, 0) is 48.6 Å². The highest BCUT2D eigenvalue weighted by molar-refractivity contribution is 7.11. The maximum atomic E-state index is 3.59. The maximum absolute atomic E-state index is 3.59. The fourth-order valence-corrected chi connectivity index (χ4v) is 3.70. The Morgan fingerprint density at radius 2 is 2.05 bits per heavy atom. The third-order valence-corrected chi connectivity index (χ3v) is 5.10. The van der Waals surface area contributed by atoms with Gasteiger partial charge < -0.3 is 10.6 Å². The first kappa shape index (κ1) is 13.7. The Morgan fingerprint density at radius 1 is 1.15 bits per heavy atom. The van der Waals surface area contributed by atoms with Crippen LogP contribution in [0.3, 0.4) is 0 Å². The first-order chi connectivity index (χ1) is 9.86. The fraction of sp³-hybridized carbons (Fsp3) is 0.412. The molecule has 3 rings (SSSR count). The van der Waals surface area contributed by atoms with E-state index in [1.807, 2.05) is 11.3 Å². The normalized spacial score (nSPS) is 13.8. The highest BCUT2D eigenvalue weighted by Crippen LogP contribution is 2.25. The van der Waals surface area contributed by atoms with Crippen molar-refractivity contribution < 1.29 is 0 Å². The summed E-state index contributed by atoms with van der Waals surface area (Å²) < 4.78 is 0. The lowest BCUT2D eigenvalue weighted by atomic mass is 9.97. The molecule has 0 unspecified atom stereocenters. The van der Waals surface area contributed by atoms with Crippen LogP contribution in [-0.2, 0) is 25.9 Å². The molecule has 1 aliphatic rings. The lowest BCUT2D eigenvalue weighted by Crippen LogP contribution is -2.17. The highest BCUT2D eigenvalue weighted by atomic mass is 32.1. The number of thiophene rings is 1. The van der Waals surface area contributed by atoms with Crippen LogP contribution in [0.5, 0.6) is 0 Å². The average molecular weight is 286 g/mol. The van der Waals surface area contributed by atoms with Gasteiger partial charge in [0.1, 0.15) is 0 Å². The molecule has 2 N–H and O–H groups in total. The molecule has 0 radical (unpaired) electrons. The number of rotatable bonds is 5. The zero-order valence-electron chi connectivity index (χ0n) is 12.0. The van der Waals surface area contributed by atoms with Gasteiger partial charge in [0.2, 0.25) is 0 Å². The molecule has 0 amide bonds. The minimum atomic E-state index is 0.963. The molecular formula is C17H22N2S. The summed E-state index contributed by atoms with van der Waals surface area (Å²) in [6.07, 6.45) is 3.59. The number of nitrogens with one attached hydrogen (secondary N) is 2. The second-order valence-electron chi connectivity index (χ2n) is 5.30. The van der Waals surface area contributed by atoms with Crippen molar-refractivity contribution in [3.63, 3.8) is 0 Å². The average Bonchev–Trinajstić information content (AvgIpc) is 2.95. The molecule has 3 heteroatoms. The Labute approximate surface area is 125 Å². The zero-order valence-corrected chi connectivity index (χ0v) is 12.9. The minimum absolute atomic E-state index is 0.963. The van der Waals surface area contributed by atoms with Crippen molar-refractivity contribution >= 4 is 17.0 Å². The van der Waals surface area contributed by atoms with Crippen molar-refractivity contribution in [1.82, 2.24) is 5.32 Å². The van der Waals surface area contributed by atoms with Crippen LogP contribution in [0.4, 0.5) is 5.69 Å². The Bertz CT molecular complexity index is 574. The van der Waals surface area contributed by atoms with E-state index in [0.717, 1.165) is 26.1 Å². The Hall–Kier alpha value is -1.32. The van der Waals surface area contributed by atoms with Crippen LogP contribution in [0.1, 0.15) is 34.2 Å². The predicted molar refractivity (Wildman–Crippen MR) is 87.5 cm³/mol. The van der Waals surface area contributed by atoms with Crippen molar-refractivity contribution in [2.24, 2.45) is 0 Å². The standard InChI is InChI=1S/C17H22N2S/c1-2-14-8-9-15(20-14)12-18-11-13-5-3-7-17-16(13)6-4-10-19-17/h3,5,7-9,18-19H,2,4,6,10-12H2,1H3. The van der Waals surface area contributed by atoms with E-state index in [1.165, 1.54) is 39.4 Å². The third kappa shape index (κ3) is 3.05. The molecule has 0 atom stereocenters. The van der Waals surface area contributed by atoms with Gasteiger partial charge in [-0.2, -0.15) is 0 Å². The van der Waals surface area contributed by atoms with Gasteiger partial charge in [0, 0.05) is 35.1 Å². The Balaban J connectivity index is 1.61. The molecule has 2 heterocycles. The molecule has 20 heavy (non-hydrogen) atoms. The van der Waals surface area contributed by atoms with Crippen molar-refractivity contribution in [2.45, 2.75) is 39.3 Å². The largest absolute Gasteiger partial charge is 0.385 e. The first-order valence-corrected chi connectivity index (χ1v) is 8.31. The van der Waals surface area contributed by atoms with E-state index in [-0.39, 0.29) is 0 Å². The molecule has 1 aromatic carbocycles. The second kappa shape index (κ2) is 6.42. The van der Waals surface area contributed by atoms with Crippen LogP contribution in [0.15, 0.2) is 30.3 Å². The van der Waals surface area contributed by atoms with Gasteiger partial charge >= 0.3 is 0 Å². The summed E-state index contributed by atoms with van der Waals surface area (Å²) in [6.45, 7) is 5.26. The number of benzene rings is 1. The number of hydrogen-bond acceptors (Lipinski definition) is 3. The number of hydrogen-bond donors (Lipinski definition) is 2.